The van der Waals surface area contributed by atoms with Gasteiger partial charge in [0.2, 0.25) is 0 Å². The average Bonchev–Trinajstić information content (AvgIpc) is 3.01. The molecule has 1 N–H and O–H groups in total. The number of rotatable bonds is 5. The monoisotopic (exact) mass is 521 g/mol. The Bertz CT molecular complexity index is 1180. The number of nitrogens with one attached hydrogen (secondary N) is 1. The second-order valence-corrected chi connectivity index (χ2v) is 12.1. The molecule has 1 aromatic rings. The van der Waals surface area contributed by atoms with E-state index >= 15 is 0 Å². The highest BCUT2D eigenvalue weighted by Crippen LogP contribution is 2.46. The van der Waals surface area contributed by atoms with Crippen LogP contribution in [0.2, 0.25) is 5.82 Å². The van der Waals surface area contributed by atoms with Crippen molar-refractivity contribution in [1.82, 2.24) is 10.4 Å². The molecule has 2 aliphatic rings. The summed E-state index contributed by atoms with van der Waals surface area (Å²) >= 11 is 0. The van der Waals surface area contributed by atoms with Crippen molar-refractivity contribution in [2.45, 2.75) is 98.2 Å². The third-order valence-corrected chi connectivity index (χ3v) is 7.38. The van der Waals surface area contributed by atoms with Crippen LogP contribution in [0.3, 0.4) is 0 Å². The fourth-order valence-corrected chi connectivity index (χ4v) is 4.70. The molecule has 1 unspecified atom stereocenters. The maximum absolute atomic E-state index is 13.6. The molecule has 1 fully saturated rings. The summed E-state index contributed by atoms with van der Waals surface area (Å²) in [7, 11) is -0.596. The van der Waals surface area contributed by atoms with Crippen molar-refractivity contribution in [3.8, 4) is 6.07 Å². The van der Waals surface area contributed by atoms with Gasteiger partial charge in [-0.3, -0.25) is 15.0 Å². The van der Waals surface area contributed by atoms with Gasteiger partial charge in [-0.15, -0.1) is 0 Å². The van der Waals surface area contributed by atoms with Crippen molar-refractivity contribution in [3.05, 3.63) is 57.9 Å². The molecule has 38 heavy (non-hydrogen) atoms. The average molecular weight is 521 g/mol. The van der Waals surface area contributed by atoms with Gasteiger partial charge in [0, 0.05) is 11.1 Å². The summed E-state index contributed by atoms with van der Waals surface area (Å²) in [5, 5.41) is 10.6. The maximum atomic E-state index is 13.6. The minimum atomic E-state index is -0.692. The van der Waals surface area contributed by atoms with Gasteiger partial charge in [0.05, 0.1) is 22.6 Å². The van der Waals surface area contributed by atoms with Crippen LogP contribution in [-0.2, 0) is 18.8 Å². The number of nitrogens with zero attached hydrogens (tertiary/aromatic N) is 2. The van der Waals surface area contributed by atoms with E-state index in [9.17, 15) is 14.9 Å². The number of ether oxygens (including phenoxy) is 1. The molecule has 1 saturated heterocycles. The number of hydrogen-bond acceptors (Lipinski definition) is 6. The summed E-state index contributed by atoms with van der Waals surface area (Å²) in [5.41, 5.74) is 4.48. The van der Waals surface area contributed by atoms with Crippen LogP contribution in [0, 0.1) is 25.2 Å². The van der Waals surface area contributed by atoms with Gasteiger partial charge in [0.1, 0.15) is 11.8 Å². The van der Waals surface area contributed by atoms with Gasteiger partial charge in [-0.25, -0.2) is 5.01 Å². The number of hydrazine groups is 1. The third kappa shape index (κ3) is 5.97. The van der Waals surface area contributed by atoms with Crippen molar-refractivity contribution in [2.24, 2.45) is 0 Å². The van der Waals surface area contributed by atoms with Crippen LogP contribution in [0.1, 0.15) is 83.3 Å². The first kappa shape index (κ1) is 29.5. The smallest absolute Gasteiger partial charge is 0.469 e. The molecule has 2 amide bonds. The lowest BCUT2D eigenvalue weighted by Gasteiger charge is -2.36. The Labute approximate surface area is 227 Å². The van der Waals surface area contributed by atoms with E-state index in [1.807, 2.05) is 92.7 Å². The number of allylic oxidation sites excluding steroid dienone is 2. The predicted octanol–water partition coefficient (Wildman–Crippen LogP) is 5.18. The molecule has 1 aliphatic carbocycles. The minimum Gasteiger partial charge on any atom is -0.483 e. The fourth-order valence-electron chi connectivity index (χ4n) is 4.70. The first-order chi connectivity index (χ1) is 17.5. The van der Waals surface area contributed by atoms with E-state index in [-0.39, 0.29) is 18.3 Å². The number of carbonyl (C=O) groups is 2. The summed E-state index contributed by atoms with van der Waals surface area (Å²) < 4.78 is 18.4. The summed E-state index contributed by atoms with van der Waals surface area (Å²) in [6.45, 7) is 19.0. The molecule has 0 bridgehead atoms. The molecule has 204 valence electrons. The molecule has 0 spiro atoms. The van der Waals surface area contributed by atoms with Gasteiger partial charge in [-0.05, 0) is 93.4 Å². The molecule has 9 heteroatoms. The van der Waals surface area contributed by atoms with E-state index in [2.05, 4.69) is 5.43 Å². The first-order valence-electron chi connectivity index (χ1n) is 13.0. The molecule has 3 rings (SSSR count). The Morgan fingerprint density at radius 3 is 2.16 bits per heavy atom. The Kier molecular flexibility index (Phi) is 8.21. The van der Waals surface area contributed by atoms with E-state index in [1.54, 1.807) is 6.92 Å². The first-order valence-corrected chi connectivity index (χ1v) is 13.0. The summed E-state index contributed by atoms with van der Waals surface area (Å²) in [5.74, 6) is -0.565. The normalized spacial score (nSPS) is 20.5. The molecule has 1 atom stereocenters. The lowest BCUT2D eigenvalue weighted by Crippen LogP contribution is -2.56. The maximum Gasteiger partial charge on any atom is 0.469 e. The highest BCUT2D eigenvalue weighted by atomic mass is 16.7. The largest absolute Gasteiger partial charge is 0.483 e. The SMILES string of the molecule is CC1=C(OCC#N)C(B2OC(C)(C)C(C)(C)O2)CC=C1C(=O)NN(C(=O)c1cc(C)cc(C)c1)C(C)(C)C. The quantitative estimate of drug-likeness (QED) is 0.423. The van der Waals surface area contributed by atoms with Crippen molar-refractivity contribution < 1.29 is 23.6 Å². The van der Waals surface area contributed by atoms with E-state index in [4.69, 9.17) is 14.0 Å². The van der Waals surface area contributed by atoms with Gasteiger partial charge in [-0.1, -0.05) is 23.3 Å². The standard InChI is InChI=1S/C29H40BN3O5/c1-18-15-19(2)17-21(16-18)26(35)33(27(4,5)6)32-25(34)22-11-12-23(24(20(22)3)36-14-13-31)30-37-28(7,8)29(9,10)38-30/h11,15-17,23H,12,14H2,1-10H3,(H,32,34). The predicted molar refractivity (Wildman–Crippen MR) is 147 cm³/mol. The zero-order valence-electron chi connectivity index (χ0n) is 24.3. The second kappa shape index (κ2) is 10.6. The number of nitriles is 1. The van der Waals surface area contributed by atoms with Gasteiger partial charge < -0.3 is 14.0 Å². The summed E-state index contributed by atoms with van der Waals surface area (Å²) in [4.78, 5) is 27.1. The van der Waals surface area contributed by atoms with Crippen LogP contribution in [0.5, 0.6) is 0 Å². The van der Waals surface area contributed by atoms with Crippen LogP contribution in [-0.4, -0.2) is 47.3 Å². The zero-order valence-corrected chi connectivity index (χ0v) is 24.3. The van der Waals surface area contributed by atoms with Crippen LogP contribution in [0.25, 0.3) is 0 Å². The summed E-state index contributed by atoms with van der Waals surface area (Å²) in [6, 6.07) is 7.63. The lowest BCUT2D eigenvalue weighted by atomic mass is 9.65. The molecule has 1 heterocycles. The van der Waals surface area contributed by atoms with Crippen LogP contribution in [0.4, 0.5) is 0 Å². The number of carbonyl (C=O) groups excluding carboxylic acids is 2. The van der Waals surface area contributed by atoms with Crippen molar-refractivity contribution >= 4 is 18.9 Å². The van der Waals surface area contributed by atoms with Crippen LogP contribution >= 0.6 is 0 Å². The minimum absolute atomic E-state index is 0.170. The fraction of sp³-hybridized carbons (Fsp3) is 0.552. The van der Waals surface area contributed by atoms with E-state index in [0.717, 1.165) is 11.1 Å². The van der Waals surface area contributed by atoms with E-state index < -0.39 is 29.8 Å². The molecule has 8 nitrogen and oxygen atoms in total. The number of hydrogen-bond donors (Lipinski definition) is 1. The van der Waals surface area contributed by atoms with Crippen molar-refractivity contribution in [1.29, 1.82) is 5.26 Å². The molecule has 0 saturated carbocycles. The molecule has 0 aromatic heterocycles. The molecule has 0 radical (unpaired) electrons. The number of benzene rings is 1. The number of aryl methyl sites for hydroxylation is 2. The third-order valence-electron chi connectivity index (χ3n) is 7.38. The highest BCUT2D eigenvalue weighted by molar-refractivity contribution is 6.48. The topological polar surface area (TPSA) is 101 Å². The Balaban J connectivity index is 1.91. The van der Waals surface area contributed by atoms with Crippen LogP contribution in [0.15, 0.2) is 41.2 Å². The zero-order chi connectivity index (χ0) is 28.6. The van der Waals surface area contributed by atoms with Gasteiger partial charge in [-0.2, -0.15) is 5.26 Å². The number of amides is 2. The Morgan fingerprint density at radius 1 is 1.11 bits per heavy atom. The summed E-state index contributed by atoms with van der Waals surface area (Å²) in [6.07, 6.45) is 2.24. The van der Waals surface area contributed by atoms with Gasteiger partial charge >= 0.3 is 7.12 Å². The molecular formula is C29H40BN3O5. The Morgan fingerprint density at radius 2 is 1.66 bits per heavy atom. The van der Waals surface area contributed by atoms with Crippen LogP contribution < -0.4 is 5.43 Å². The van der Waals surface area contributed by atoms with Crippen molar-refractivity contribution in [2.75, 3.05) is 6.61 Å². The van der Waals surface area contributed by atoms with Crippen molar-refractivity contribution in [3.63, 3.8) is 0 Å². The van der Waals surface area contributed by atoms with Gasteiger partial charge in [0.25, 0.3) is 11.8 Å². The highest BCUT2D eigenvalue weighted by Gasteiger charge is 2.55. The van der Waals surface area contributed by atoms with E-state index in [1.165, 1.54) is 5.01 Å². The second-order valence-electron chi connectivity index (χ2n) is 12.1. The Hall–Kier alpha value is -3.09. The lowest BCUT2D eigenvalue weighted by molar-refractivity contribution is -0.122. The molecule has 1 aromatic carbocycles. The van der Waals surface area contributed by atoms with E-state index in [0.29, 0.717) is 28.9 Å². The molecule has 1 aliphatic heterocycles. The molecular weight excluding hydrogens is 481 g/mol. The van der Waals surface area contributed by atoms with Gasteiger partial charge in [0.15, 0.2) is 6.61 Å².